The molecule has 3 rings (SSSR count). The summed E-state index contributed by atoms with van der Waals surface area (Å²) in [7, 11) is 0. The molecule has 0 aliphatic rings. The normalized spacial score (nSPS) is 10.8. The molecule has 0 aliphatic heterocycles. The van der Waals surface area contributed by atoms with Gasteiger partial charge in [-0.1, -0.05) is 42.5 Å². The molecule has 1 heterocycles. The van der Waals surface area contributed by atoms with Gasteiger partial charge in [-0.3, -0.25) is 4.79 Å². The lowest BCUT2D eigenvalue weighted by Crippen LogP contribution is -2.06. The molecule has 112 valence electrons. The standard InChI is InChI=1S/C19H19NO2/c1-14-6-2-3-7-16(14)13-22-19(21)11-10-15-12-20-18-9-5-4-8-17(15)18/h2-9,12,20H,10-11,13H2,1H3. The first-order valence-corrected chi connectivity index (χ1v) is 7.49. The number of benzene rings is 2. The van der Waals surface area contributed by atoms with Crippen LogP contribution in [0.3, 0.4) is 0 Å². The third-order valence-corrected chi connectivity index (χ3v) is 3.92. The molecule has 3 nitrogen and oxygen atoms in total. The fraction of sp³-hybridized carbons (Fsp3) is 0.211. The third kappa shape index (κ3) is 3.19. The quantitative estimate of drug-likeness (QED) is 0.718. The van der Waals surface area contributed by atoms with Crippen molar-refractivity contribution < 1.29 is 9.53 Å². The molecular weight excluding hydrogens is 274 g/mol. The molecule has 0 saturated carbocycles. The van der Waals surface area contributed by atoms with Gasteiger partial charge >= 0.3 is 5.97 Å². The molecule has 1 aromatic heterocycles. The maximum Gasteiger partial charge on any atom is 0.306 e. The highest BCUT2D eigenvalue weighted by Crippen LogP contribution is 2.19. The van der Waals surface area contributed by atoms with Crippen LogP contribution >= 0.6 is 0 Å². The van der Waals surface area contributed by atoms with Gasteiger partial charge in [0.05, 0.1) is 0 Å². The van der Waals surface area contributed by atoms with Crippen LogP contribution in [0.2, 0.25) is 0 Å². The number of esters is 1. The van der Waals surface area contributed by atoms with Crippen molar-refractivity contribution in [3.63, 3.8) is 0 Å². The van der Waals surface area contributed by atoms with Gasteiger partial charge < -0.3 is 9.72 Å². The molecule has 0 bridgehead atoms. The fourth-order valence-corrected chi connectivity index (χ4v) is 2.58. The molecule has 0 unspecified atom stereocenters. The molecule has 0 aliphatic carbocycles. The molecule has 1 N–H and O–H groups in total. The summed E-state index contributed by atoms with van der Waals surface area (Å²) in [4.78, 5) is 15.2. The number of carbonyl (C=O) groups excluding carboxylic acids is 1. The first-order chi connectivity index (χ1) is 10.7. The molecule has 22 heavy (non-hydrogen) atoms. The van der Waals surface area contributed by atoms with Gasteiger partial charge in [-0.05, 0) is 36.1 Å². The molecule has 2 aromatic carbocycles. The Morgan fingerprint density at radius 3 is 2.68 bits per heavy atom. The van der Waals surface area contributed by atoms with Crippen LogP contribution in [0.4, 0.5) is 0 Å². The number of para-hydroxylation sites is 1. The van der Waals surface area contributed by atoms with Crippen LogP contribution < -0.4 is 0 Å². The van der Waals surface area contributed by atoms with Crippen LogP contribution in [0.25, 0.3) is 10.9 Å². The maximum absolute atomic E-state index is 11.9. The van der Waals surface area contributed by atoms with E-state index in [4.69, 9.17) is 4.74 Å². The molecule has 0 radical (unpaired) electrons. The minimum absolute atomic E-state index is 0.159. The Balaban J connectivity index is 1.55. The third-order valence-electron chi connectivity index (χ3n) is 3.92. The molecule has 0 amide bonds. The van der Waals surface area contributed by atoms with Crippen molar-refractivity contribution in [2.24, 2.45) is 0 Å². The van der Waals surface area contributed by atoms with E-state index in [2.05, 4.69) is 11.1 Å². The van der Waals surface area contributed by atoms with Crippen LogP contribution in [0.15, 0.2) is 54.7 Å². The zero-order valence-electron chi connectivity index (χ0n) is 12.6. The SMILES string of the molecule is Cc1ccccc1COC(=O)CCc1c[nH]c2ccccc12. The summed E-state index contributed by atoms with van der Waals surface area (Å²) in [5, 5.41) is 1.18. The smallest absolute Gasteiger partial charge is 0.306 e. The van der Waals surface area contributed by atoms with Gasteiger partial charge in [0.15, 0.2) is 0 Å². The molecule has 0 atom stereocenters. The second-order valence-corrected chi connectivity index (χ2v) is 5.45. The Bertz CT molecular complexity index is 789. The largest absolute Gasteiger partial charge is 0.461 e. The fourth-order valence-electron chi connectivity index (χ4n) is 2.58. The van der Waals surface area contributed by atoms with Crippen molar-refractivity contribution in [1.29, 1.82) is 0 Å². The summed E-state index contributed by atoms with van der Waals surface area (Å²) >= 11 is 0. The van der Waals surface area contributed by atoms with Crippen molar-refractivity contribution >= 4 is 16.9 Å². The van der Waals surface area contributed by atoms with Crippen molar-refractivity contribution in [2.45, 2.75) is 26.4 Å². The Labute approximate surface area is 129 Å². The van der Waals surface area contributed by atoms with Crippen molar-refractivity contribution in [3.8, 4) is 0 Å². The van der Waals surface area contributed by atoms with Gasteiger partial charge in [0.2, 0.25) is 0 Å². The number of hydrogen-bond acceptors (Lipinski definition) is 2. The zero-order chi connectivity index (χ0) is 15.4. The molecule has 0 spiro atoms. The lowest BCUT2D eigenvalue weighted by atomic mass is 10.1. The summed E-state index contributed by atoms with van der Waals surface area (Å²) in [5.74, 6) is -0.159. The number of aromatic nitrogens is 1. The number of rotatable bonds is 5. The van der Waals surface area contributed by atoms with Crippen molar-refractivity contribution in [1.82, 2.24) is 4.98 Å². The van der Waals surface area contributed by atoms with E-state index < -0.39 is 0 Å². The van der Waals surface area contributed by atoms with E-state index in [9.17, 15) is 4.79 Å². The lowest BCUT2D eigenvalue weighted by Gasteiger charge is -2.07. The van der Waals surface area contributed by atoms with Gasteiger partial charge in [0.1, 0.15) is 6.61 Å². The van der Waals surface area contributed by atoms with Crippen LogP contribution in [0, 0.1) is 6.92 Å². The molecule has 3 aromatic rings. The average molecular weight is 293 g/mol. The van der Waals surface area contributed by atoms with Crippen LogP contribution in [-0.4, -0.2) is 11.0 Å². The molecule has 3 heteroatoms. The Hall–Kier alpha value is -2.55. The number of H-pyrrole nitrogens is 1. The number of hydrogen-bond donors (Lipinski definition) is 1. The van der Waals surface area contributed by atoms with Crippen LogP contribution in [0.5, 0.6) is 0 Å². The summed E-state index contributed by atoms with van der Waals surface area (Å²) < 4.78 is 5.37. The van der Waals surface area contributed by atoms with Gasteiger partial charge in [0, 0.05) is 23.5 Å². The number of nitrogens with one attached hydrogen (secondary N) is 1. The minimum atomic E-state index is -0.159. The maximum atomic E-state index is 11.9. The van der Waals surface area contributed by atoms with Gasteiger partial charge in [-0.25, -0.2) is 0 Å². The minimum Gasteiger partial charge on any atom is -0.461 e. The predicted molar refractivity (Wildman–Crippen MR) is 87.6 cm³/mol. The molecular formula is C19H19NO2. The number of aryl methyl sites for hydroxylation is 2. The van der Waals surface area contributed by atoms with Gasteiger partial charge in [-0.2, -0.15) is 0 Å². The molecule has 0 fully saturated rings. The predicted octanol–water partition coefficient (Wildman–Crippen LogP) is 4.15. The second kappa shape index (κ2) is 6.48. The van der Waals surface area contributed by atoms with E-state index >= 15 is 0 Å². The summed E-state index contributed by atoms with van der Waals surface area (Å²) in [5.41, 5.74) is 4.46. The first-order valence-electron chi connectivity index (χ1n) is 7.49. The zero-order valence-corrected chi connectivity index (χ0v) is 12.6. The summed E-state index contributed by atoms with van der Waals surface area (Å²) in [6.45, 7) is 2.37. The number of fused-ring (bicyclic) bond motifs is 1. The summed E-state index contributed by atoms with van der Waals surface area (Å²) in [6.07, 6.45) is 3.06. The highest BCUT2D eigenvalue weighted by atomic mass is 16.5. The Morgan fingerprint density at radius 2 is 1.82 bits per heavy atom. The van der Waals surface area contributed by atoms with E-state index in [-0.39, 0.29) is 5.97 Å². The van der Waals surface area contributed by atoms with E-state index in [1.165, 1.54) is 5.39 Å². The second-order valence-electron chi connectivity index (χ2n) is 5.45. The van der Waals surface area contributed by atoms with Crippen molar-refractivity contribution in [2.75, 3.05) is 0 Å². The highest BCUT2D eigenvalue weighted by molar-refractivity contribution is 5.83. The van der Waals surface area contributed by atoms with E-state index in [0.29, 0.717) is 19.4 Å². The van der Waals surface area contributed by atoms with Gasteiger partial charge in [-0.15, -0.1) is 0 Å². The monoisotopic (exact) mass is 293 g/mol. The number of aromatic amines is 1. The van der Waals surface area contributed by atoms with Crippen LogP contribution in [-0.2, 0) is 22.6 Å². The lowest BCUT2D eigenvalue weighted by molar-refractivity contribution is -0.144. The van der Waals surface area contributed by atoms with Gasteiger partial charge in [0.25, 0.3) is 0 Å². The van der Waals surface area contributed by atoms with E-state index in [1.54, 1.807) is 0 Å². The highest BCUT2D eigenvalue weighted by Gasteiger charge is 2.08. The number of carbonyl (C=O) groups is 1. The van der Waals surface area contributed by atoms with Crippen LogP contribution in [0.1, 0.15) is 23.1 Å². The molecule has 0 saturated heterocycles. The average Bonchev–Trinajstić information content (AvgIpc) is 2.95. The Morgan fingerprint density at radius 1 is 1.05 bits per heavy atom. The van der Waals surface area contributed by atoms with E-state index in [0.717, 1.165) is 22.2 Å². The van der Waals surface area contributed by atoms with Crippen molar-refractivity contribution in [3.05, 3.63) is 71.4 Å². The summed E-state index contributed by atoms with van der Waals surface area (Å²) in [6, 6.07) is 16.1. The topological polar surface area (TPSA) is 42.1 Å². The Kier molecular flexibility index (Phi) is 4.24. The first kappa shape index (κ1) is 14.4. The number of ether oxygens (including phenoxy) is 1. The van der Waals surface area contributed by atoms with E-state index in [1.807, 2.05) is 55.6 Å².